The highest BCUT2D eigenvalue weighted by Gasteiger charge is 2.09. The second kappa shape index (κ2) is 26.4. The summed E-state index contributed by atoms with van der Waals surface area (Å²) in [6.07, 6.45) is 16.7. The first-order chi connectivity index (χ1) is 27.1. The number of aromatic amines is 3. The molecule has 0 unspecified atom stereocenters. The van der Waals surface area contributed by atoms with E-state index < -0.39 is 0 Å². The van der Waals surface area contributed by atoms with Gasteiger partial charge in [0.1, 0.15) is 23.1 Å². The van der Waals surface area contributed by atoms with E-state index >= 15 is 0 Å². The fourth-order valence-electron chi connectivity index (χ4n) is 5.39. The Morgan fingerprint density at radius 1 is 0.500 bits per heavy atom. The monoisotopic (exact) mass is 763 g/mol. The molecular formula is C46H70N10. The molecule has 0 fully saturated rings. The SMILES string of the molecule is CC.CC.CC.CC.CC(C)c1c[nH]c2ncccc12.CC(C)c1c[nH]c2nccnc12.CC(C)c1ccc2ccnn2c1.CC(C)c1ncnc2[nH]ccc12. The standard InChI is InChI=1S/2C10H12N2.2C9H11N3.4C2H6/c1-8(2)9-3-4-10-5-6-11-12(10)7-9;1-7(2)9-6-12-10-8(9)4-3-5-11-10;1-6(2)7-5-12-9-8(7)10-3-4-11-9;1-6(2)8-7-3-4-10-9(7)12-5-11-8;4*1-2/h3-8H,1-2H3;3-7H,1-2H3,(H,11,12);3-6H,1-2H3,(H,11,12);3-6H,1-2H3,(H,10,11,12);4*1-2H3. The minimum Gasteiger partial charge on any atom is -0.346 e. The molecule has 8 rings (SSSR count). The van der Waals surface area contributed by atoms with Gasteiger partial charge in [0.15, 0.2) is 5.65 Å². The summed E-state index contributed by atoms with van der Waals surface area (Å²) in [4.78, 5) is 30.3. The summed E-state index contributed by atoms with van der Waals surface area (Å²) < 4.78 is 1.91. The number of pyridine rings is 2. The molecule has 0 saturated heterocycles. The van der Waals surface area contributed by atoms with Crippen molar-refractivity contribution in [3.63, 3.8) is 0 Å². The molecule has 10 heteroatoms. The van der Waals surface area contributed by atoms with Crippen molar-refractivity contribution in [2.24, 2.45) is 0 Å². The molecule has 0 aromatic carbocycles. The van der Waals surface area contributed by atoms with E-state index in [0.717, 1.165) is 39.1 Å². The van der Waals surface area contributed by atoms with Crippen molar-refractivity contribution in [3.05, 3.63) is 115 Å². The topological polar surface area (TPSA) is 129 Å². The molecule has 0 aliphatic carbocycles. The Hall–Kier alpha value is -5.38. The number of fused-ring (bicyclic) bond motifs is 4. The third-order valence-corrected chi connectivity index (χ3v) is 8.08. The van der Waals surface area contributed by atoms with Gasteiger partial charge in [0.05, 0.1) is 11.2 Å². The van der Waals surface area contributed by atoms with E-state index in [1.807, 2.05) is 109 Å². The maximum atomic E-state index is 4.27. The van der Waals surface area contributed by atoms with E-state index in [4.69, 9.17) is 0 Å². The number of aromatic nitrogens is 10. The molecule has 0 saturated carbocycles. The van der Waals surface area contributed by atoms with Crippen molar-refractivity contribution in [3.8, 4) is 0 Å². The van der Waals surface area contributed by atoms with Crippen LogP contribution in [0, 0.1) is 0 Å². The lowest BCUT2D eigenvalue weighted by molar-refractivity contribution is 0.828. The normalized spacial score (nSPS) is 10.1. The first-order valence-electron chi connectivity index (χ1n) is 20.5. The van der Waals surface area contributed by atoms with E-state index in [1.54, 1.807) is 18.7 Å². The van der Waals surface area contributed by atoms with E-state index in [0.29, 0.717) is 23.7 Å². The zero-order valence-corrected chi connectivity index (χ0v) is 37.1. The second-order valence-corrected chi connectivity index (χ2v) is 12.9. The van der Waals surface area contributed by atoms with Crippen molar-refractivity contribution in [1.29, 1.82) is 0 Å². The van der Waals surface area contributed by atoms with Gasteiger partial charge in [0, 0.05) is 65.9 Å². The van der Waals surface area contributed by atoms with E-state index in [1.165, 1.54) is 22.1 Å². The highest BCUT2D eigenvalue weighted by molar-refractivity contribution is 5.80. The number of hydrogen-bond donors (Lipinski definition) is 3. The molecule has 0 amide bonds. The predicted octanol–water partition coefficient (Wildman–Crippen LogP) is 13.4. The number of H-pyrrole nitrogens is 3. The van der Waals surface area contributed by atoms with Crippen LogP contribution in [0.3, 0.4) is 0 Å². The Labute approximate surface area is 336 Å². The summed E-state index contributed by atoms with van der Waals surface area (Å²) in [7, 11) is 0. The van der Waals surface area contributed by atoms with Gasteiger partial charge in [-0.2, -0.15) is 5.10 Å². The van der Waals surface area contributed by atoms with Crippen LogP contribution in [-0.4, -0.2) is 49.5 Å². The Bertz CT molecular complexity index is 2090. The molecular weight excluding hydrogens is 693 g/mol. The number of rotatable bonds is 4. The Morgan fingerprint density at radius 2 is 1.11 bits per heavy atom. The summed E-state index contributed by atoms with van der Waals surface area (Å²) in [5.74, 6) is 2.07. The molecule has 8 heterocycles. The fourth-order valence-corrected chi connectivity index (χ4v) is 5.39. The van der Waals surface area contributed by atoms with Gasteiger partial charge in [-0.15, -0.1) is 0 Å². The maximum absolute atomic E-state index is 4.27. The largest absolute Gasteiger partial charge is 0.346 e. The van der Waals surface area contributed by atoms with Crippen molar-refractivity contribution < 1.29 is 0 Å². The molecule has 0 bridgehead atoms. The van der Waals surface area contributed by atoms with Gasteiger partial charge in [-0.1, -0.05) is 117 Å². The molecule has 0 aliphatic heterocycles. The lowest BCUT2D eigenvalue weighted by Crippen LogP contribution is -1.93. The first-order valence-corrected chi connectivity index (χ1v) is 20.5. The molecule has 8 aromatic heterocycles. The molecule has 0 aliphatic rings. The van der Waals surface area contributed by atoms with Crippen LogP contribution >= 0.6 is 0 Å². The molecule has 0 atom stereocenters. The van der Waals surface area contributed by atoms with Crippen LogP contribution in [0.2, 0.25) is 0 Å². The minimum absolute atomic E-state index is 0.450. The van der Waals surface area contributed by atoms with Gasteiger partial charge in [0.25, 0.3) is 0 Å². The Balaban J connectivity index is 0.000000352. The minimum atomic E-state index is 0.450. The maximum Gasteiger partial charge on any atom is 0.156 e. The third-order valence-electron chi connectivity index (χ3n) is 8.08. The zero-order valence-electron chi connectivity index (χ0n) is 37.1. The van der Waals surface area contributed by atoms with Crippen LogP contribution in [0.1, 0.15) is 157 Å². The number of hydrogen-bond acceptors (Lipinski definition) is 6. The second-order valence-electron chi connectivity index (χ2n) is 12.9. The summed E-state index contributed by atoms with van der Waals surface area (Å²) in [6.45, 7) is 33.3. The van der Waals surface area contributed by atoms with Gasteiger partial charge in [-0.05, 0) is 65.1 Å². The van der Waals surface area contributed by atoms with Crippen LogP contribution in [0.15, 0.2) is 92.3 Å². The Morgan fingerprint density at radius 3 is 1.75 bits per heavy atom. The summed E-state index contributed by atoms with van der Waals surface area (Å²) in [6, 6.07) is 12.4. The molecule has 10 nitrogen and oxygen atoms in total. The van der Waals surface area contributed by atoms with Gasteiger partial charge in [-0.3, -0.25) is 4.98 Å². The molecule has 8 aromatic rings. The van der Waals surface area contributed by atoms with E-state index in [2.05, 4.69) is 125 Å². The molecule has 56 heavy (non-hydrogen) atoms. The highest BCUT2D eigenvalue weighted by Crippen LogP contribution is 2.24. The van der Waals surface area contributed by atoms with Gasteiger partial charge in [0.2, 0.25) is 0 Å². The van der Waals surface area contributed by atoms with Crippen molar-refractivity contribution in [2.75, 3.05) is 0 Å². The molecule has 3 N–H and O–H groups in total. The van der Waals surface area contributed by atoms with E-state index in [9.17, 15) is 0 Å². The third kappa shape index (κ3) is 13.7. The summed E-state index contributed by atoms with van der Waals surface area (Å²) in [5.41, 5.74) is 9.95. The van der Waals surface area contributed by atoms with Crippen LogP contribution in [0.25, 0.3) is 38.7 Å². The van der Waals surface area contributed by atoms with Crippen LogP contribution in [-0.2, 0) is 0 Å². The van der Waals surface area contributed by atoms with Crippen LogP contribution in [0.5, 0.6) is 0 Å². The van der Waals surface area contributed by atoms with Crippen molar-refractivity contribution in [1.82, 2.24) is 49.5 Å². The smallest absolute Gasteiger partial charge is 0.156 e. The average Bonchev–Trinajstić information content (AvgIpc) is 4.07. The lowest BCUT2D eigenvalue weighted by Gasteiger charge is -2.04. The van der Waals surface area contributed by atoms with Gasteiger partial charge < -0.3 is 15.0 Å². The van der Waals surface area contributed by atoms with Gasteiger partial charge >= 0.3 is 0 Å². The highest BCUT2D eigenvalue weighted by atomic mass is 15.2. The molecule has 304 valence electrons. The molecule has 0 radical (unpaired) electrons. The summed E-state index contributed by atoms with van der Waals surface area (Å²) in [5, 5.41) is 6.55. The van der Waals surface area contributed by atoms with Crippen LogP contribution < -0.4 is 0 Å². The number of nitrogens with one attached hydrogen (secondary N) is 3. The Kier molecular flexibility index (Phi) is 23.0. The predicted molar refractivity (Wildman–Crippen MR) is 241 cm³/mol. The molecule has 0 spiro atoms. The van der Waals surface area contributed by atoms with E-state index in [-0.39, 0.29) is 0 Å². The number of nitrogens with zero attached hydrogens (tertiary/aromatic N) is 7. The summed E-state index contributed by atoms with van der Waals surface area (Å²) >= 11 is 0. The lowest BCUT2D eigenvalue weighted by atomic mass is 10.0. The first kappa shape index (κ1) is 48.6. The van der Waals surface area contributed by atoms with Crippen molar-refractivity contribution >= 4 is 38.7 Å². The average molecular weight is 763 g/mol. The fraction of sp³-hybridized carbons (Fsp3) is 0.435. The van der Waals surface area contributed by atoms with Crippen LogP contribution in [0.4, 0.5) is 0 Å². The zero-order chi connectivity index (χ0) is 42.2. The van der Waals surface area contributed by atoms with Crippen molar-refractivity contribution in [2.45, 2.75) is 134 Å². The van der Waals surface area contributed by atoms with Gasteiger partial charge in [-0.25, -0.2) is 24.5 Å². The quantitative estimate of drug-likeness (QED) is 0.164.